The molecule has 0 bridgehead atoms. The predicted molar refractivity (Wildman–Crippen MR) is 58.1 cm³/mol. The van der Waals surface area contributed by atoms with E-state index in [4.69, 9.17) is 0 Å². The van der Waals surface area contributed by atoms with Gasteiger partial charge in [0.2, 0.25) is 0 Å². The van der Waals surface area contributed by atoms with Crippen LogP contribution in [-0.2, 0) is 0 Å². The Kier molecular flexibility index (Phi) is 4.86. The van der Waals surface area contributed by atoms with Crippen molar-refractivity contribution in [2.24, 2.45) is 0 Å². The van der Waals surface area contributed by atoms with Gasteiger partial charge in [0.05, 0.1) is 0 Å². The number of nitrogens with zero attached hydrogens (tertiary/aromatic N) is 1. The molecule has 1 N–H and O–H groups in total. The van der Waals surface area contributed by atoms with Crippen LogP contribution in [0.15, 0.2) is 29.4 Å². The lowest BCUT2D eigenvalue weighted by Gasteiger charge is -2.10. The van der Waals surface area contributed by atoms with Gasteiger partial charge in [-0.3, -0.25) is 4.98 Å². The van der Waals surface area contributed by atoms with Gasteiger partial charge in [0.15, 0.2) is 0 Å². The van der Waals surface area contributed by atoms with Crippen molar-refractivity contribution in [3.05, 3.63) is 24.5 Å². The quantitative estimate of drug-likeness (QED) is 0.731. The summed E-state index contributed by atoms with van der Waals surface area (Å²) in [6.45, 7) is 6.46. The number of pyridine rings is 1. The van der Waals surface area contributed by atoms with Crippen molar-refractivity contribution in [2.45, 2.75) is 24.0 Å². The SMILES string of the molecule is CCNCC(C)Sc1ccncc1. The summed E-state index contributed by atoms with van der Waals surface area (Å²) in [6, 6.07) is 4.10. The van der Waals surface area contributed by atoms with E-state index in [2.05, 4.69) is 24.1 Å². The number of hydrogen-bond donors (Lipinski definition) is 1. The van der Waals surface area contributed by atoms with E-state index in [0.717, 1.165) is 13.1 Å². The van der Waals surface area contributed by atoms with Gasteiger partial charge in [-0.25, -0.2) is 0 Å². The lowest BCUT2D eigenvalue weighted by Crippen LogP contribution is -2.21. The van der Waals surface area contributed by atoms with Crippen molar-refractivity contribution < 1.29 is 0 Å². The summed E-state index contributed by atoms with van der Waals surface area (Å²) in [4.78, 5) is 5.28. The predicted octanol–water partition coefficient (Wildman–Crippen LogP) is 2.17. The molecule has 0 aliphatic heterocycles. The minimum absolute atomic E-state index is 0.613. The molecule has 0 saturated carbocycles. The Morgan fingerprint density at radius 3 is 2.77 bits per heavy atom. The van der Waals surface area contributed by atoms with Gasteiger partial charge in [0, 0.05) is 29.1 Å². The number of thioether (sulfide) groups is 1. The average molecular weight is 196 g/mol. The van der Waals surface area contributed by atoms with E-state index in [9.17, 15) is 0 Å². The van der Waals surface area contributed by atoms with Gasteiger partial charge < -0.3 is 5.32 Å². The Hall–Kier alpha value is -0.540. The van der Waals surface area contributed by atoms with Crippen LogP contribution in [0.25, 0.3) is 0 Å². The van der Waals surface area contributed by atoms with E-state index in [1.807, 2.05) is 36.3 Å². The third kappa shape index (κ3) is 4.29. The van der Waals surface area contributed by atoms with Crippen molar-refractivity contribution in [3.8, 4) is 0 Å². The molecule has 72 valence electrons. The van der Waals surface area contributed by atoms with Gasteiger partial charge >= 0.3 is 0 Å². The Morgan fingerprint density at radius 2 is 2.15 bits per heavy atom. The van der Waals surface area contributed by atoms with E-state index >= 15 is 0 Å². The molecule has 1 atom stereocenters. The van der Waals surface area contributed by atoms with Gasteiger partial charge in [-0.05, 0) is 18.7 Å². The fourth-order valence-corrected chi connectivity index (χ4v) is 1.98. The average Bonchev–Trinajstić information content (AvgIpc) is 2.16. The highest BCUT2D eigenvalue weighted by atomic mass is 32.2. The van der Waals surface area contributed by atoms with E-state index in [-0.39, 0.29) is 0 Å². The number of aromatic nitrogens is 1. The highest BCUT2D eigenvalue weighted by Crippen LogP contribution is 2.21. The first kappa shape index (κ1) is 10.5. The molecule has 0 amide bonds. The van der Waals surface area contributed by atoms with Crippen LogP contribution < -0.4 is 5.32 Å². The van der Waals surface area contributed by atoms with E-state index in [0.29, 0.717) is 5.25 Å². The molecule has 0 fully saturated rings. The van der Waals surface area contributed by atoms with Crippen LogP contribution in [0.1, 0.15) is 13.8 Å². The first-order chi connectivity index (χ1) is 6.33. The highest BCUT2D eigenvalue weighted by molar-refractivity contribution is 8.00. The molecule has 1 rings (SSSR count). The van der Waals surface area contributed by atoms with Crippen LogP contribution in [0.3, 0.4) is 0 Å². The largest absolute Gasteiger partial charge is 0.316 e. The van der Waals surface area contributed by atoms with Gasteiger partial charge in [0.25, 0.3) is 0 Å². The second kappa shape index (κ2) is 6.00. The Labute approximate surface area is 84.1 Å². The van der Waals surface area contributed by atoms with E-state index in [1.165, 1.54) is 4.90 Å². The molecule has 0 radical (unpaired) electrons. The van der Waals surface area contributed by atoms with E-state index < -0.39 is 0 Å². The van der Waals surface area contributed by atoms with Crippen molar-refractivity contribution in [1.29, 1.82) is 0 Å². The summed E-state index contributed by atoms with van der Waals surface area (Å²) < 4.78 is 0. The molecule has 1 heterocycles. The normalized spacial score (nSPS) is 12.8. The van der Waals surface area contributed by atoms with Gasteiger partial charge in [-0.1, -0.05) is 13.8 Å². The first-order valence-corrected chi connectivity index (χ1v) is 5.48. The maximum atomic E-state index is 3.99. The zero-order chi connectivity index (χ0) is 9.52. The monoisotopic (exact) mass is 196 g/mol. The molecule has 1 aromatic rings. The summed E-state index contributed by atoms with van der Waals surface area (Å²) in [7, 11) is 0. The standard InChI is InChI=1S/C10H16N2S/c1-3-11-8-9(2)13-10-4-6-12-7-5-10/h4-7,9,11H,3,8H2,1-2H3. The van der Waals surface area contributed by atoms with Crippen molar-refractivity contribution in [2.75, 3.05) is 13.1 Å². The lowest BCUT2D eigenvalue weighted by molar-refractivity contribution is 0.713. The van der Waals surface area contributed by atoms with Crippen LogP contribution in [0.4, 0.5) is 0 Å². The summed E-state index contributed by atoms with van der Waals surface area (Å²) in [5, 5.41) is 3.95. The zero-order valence-electron chi connectivity index (χ0n) is 8.16. The Morgan fingerprint density at radius 1 is 1.46 bits per heavy atom. The summed E-state index contributed by atoms with van der Waals surface area (Å²) in [5.74, 6) is 0. The number of hydrogen-bond acceptors (Lipinski definition) is 3. The second-order valence-electron chi connectivity index (χ2n) is 2.92. The molecule has 0 aliphatic carbocycles. The maximum absolute atomic E-state index is 3.99. The minimum Gasteiger partial charge on any atom is -0.316 e. The highest BCUT2D eigenvalue weighted by Gasteiger charge is 2.02. The van der Waals surface area contributed by atoms with Crippen LogP contribution in [-0.4, -0.2) is 23.3 Å². The van der Waals surface area contributed by atoms with Crippen molar-refractivity contribution in [3.63, 3.8) is 0 Å². The molecular formula is C10H16N2S. The molecule has 0 saturated heterocycles. The Balaban J connectivity index is 2.32. The minimum atomic E-state index is 0.613. The lowest BCUT2D eigenvalue weighted by atomic mass is 10.4. The molecule has 13 heavy (non-hydrogen) atoms. The topological polar surface area (TPSA) is 24.9 Å². The molecule has 2 nitrogen and oxygen atoms in total. The third-order valence-electron chi connectivity index (χ3n) is 1.67. The zero-order valence-corrected chi connectivity index (χ0v) is 8.97. The molecule has 1 unspecified atom stereocenters. The summed E-state index contributed by atoms with van der Waals surface area (Å²) >= 11 is 1.88. The smallest absolute Gasteiger partial charge is 0.0278 e. The van der Waals surface area contributed by atoms with Crippen LogP contribution >= 0.6 is 11.8 Å². The van der Waals surface area contributed by atoms with Crippen molar-refractivity contribution >= 4 is 11.8 Å². The van der Waals surface area contributed by atoms with Crippen LogP contribution in [0.2, 0.25) is 0 Å². The van der Waals surface area contributed by atoms with Crippen molar-refractivity contribution in [1.82, 2.24) is 10.3 Å². The first-order valence-electron chi connectivity index (χ1n) is 4.60. The fraction of sp³-hybridized carbons (Fsp3) is 0.500. The molecule has 0 spiro atoms. The van der Waals surface area contributed by atoms with Gasteiger partial charge in [0.1, 0.15) is 0 Å². The summed E-state index contributed by atoms with van der Waals surface area (Å²) in [5.41, 5.74) is 0. The maximum Gasteiger partial charge on any atom is 0.0278 e. The number of nitrogens with one attached hydrogen (secondary N) is 1. The molecule has 0 aromatic carbocycles. The Bertz CT molecular complexity index is 226. The molecular weight excluding hydrogens is 180 g/mol. The fourth-order valence-electron chi connectivity index (χ4n) is 1.04. The van der Waals surface area contributed by atoms with E-state index in [1.54, 1.807) is 0 Å². The van der Waals surface area contributed by atoms with Gasteiger partial charge in [-0.15, -0.1) is 11.8 Å². The molecule has 1 aromatic heterocycles. The molecule has 3 heteroatoms. The molecule has 0 aliphatic rings. The van der Waals surface area contributed by atoms with Gasteiger partial charge in [-0.2, -0.15) is 0 Å². The number of rotatable bonds is 5. The van der Waals surface area contributed by atoms with Crippen LogP contribution in [0, 0.1) is 0 Å². The summed E-state index contributed by atoms with van der Waals surface area (Å²) in [6.07, 6.45) is 3.67. The second-order valence-corrected chi connectivity index (χ2v) is 4.43. The van der Waals surface area contributed by atoms with Crippen LogP contribution in [0.5, 0.6) is 0 Å². The third-order valence-corrected chi connectivity index (χ3v) is 2.78.